The van der Waals surface area contributed by atoms with Crippen molar-refractivity contribution < 1.29 is 26.3 Å². The fourth-order valence-corrected chi connectivity index (χ4v) is 3.33. The van der Waals surface area contributed by atoms with Gasteiger partial charge in [-0.25, -0.2) is 8.42 Å². The van der Waals surface area contributed by atoms with E-state index in [-0.39, 0.29) is 10.6 Å². The largest absolute Gasteiger partial charge is 0.494 e. The first-order valence-corrected chi connectivity index (χ1v) is 9.17. The zero-order chi connectivity index (χ0) is 19.5. The Bertz CT molecular complexity index is 864. The second kappa shape index (κ2) is 7.45. The molecule has 0 aromatic heterocycles. The minimum absolute atomic E-state index is 0.0805. The third-order valence-electron chi connectivity index (χ3n) is 3.50. The van der Waals surface area contributed by atoms with Gasteiger partial charge in [0.25, 0.3) is 10.0 Å². The fraction of sp³-hybridized carbons (Fsp3) is 0.294. The molecule has 2 rings (SSSR count). The molecule has 0 bridgehead atoms. The zero-order valence-electron chi connectivity index (χ0n) is 14.5. The van der Waals surface area contributed by atoms with Gasteiger partial charge >= 0.3 is 6.18 Å². The lowest BCUT2D eigenvalue weighted by atomic mass is 10.1. The van der Waals surface area contributed by atoms with Gasteiger partial charge < -0.3 is 9.64 Å². The lowest BCUT2D eigenvalue weighted by Gasteiger charge is -2.20. The van der Waals surface area contributed by atoms with Crippen LogP contribution in [0.5, 0.6) is 5.75 Å². The smallest absolute Gasteiger partial charge is 0.416 e. The summed E-state index contributed by atoms with van der Waals surface area (Å²) in [7, 11) is -0.846. The number of rotatable bonds is 6. The molecule has 0 heterocycles. The molecule has 0 radical (unpaired) electrons. The van der Waals surface area contributed by atoms with Gasteiger partial charge in [0.1, 0.15) is 5.75 Å². The van der Waals surface area contributed by atoms with E-state index in [1.807, 2.05) is 0 Å². The molecule has 0 saturated heterocycles. The first-order chi connectivity index (χ1) is 12.0. The van der Waals surface area contributed by atoms with Crippen LogP contribution in [0.2, 0.25) is 0 Å². The highest BCUT2D eigenvalue weighted by molar-refractivity contribution is 7.92. The van der Waals surface area contributed by atoms with E-state index in [9.17, 15) is 21.6 Å². The quantitative estimate of drug-likeness (QED) is 0.814. The molecule has 142 valence electrons. The SMILES string of the molecule is CCOc1ccc(S(=O)(=O)Nc2cc(C(F)(F)F)ccc2N(C)C)cc1. The van der Waals surface area contributed by atoms with Gasteiger partial charge in [-0.05, 0) is 49.4 Å². The second-order valence-corrected chi connectivity index (χ2v) is 7.32. The number of hydrogen-bond acceptors (Lipinski definition) is 4. The normalized spacial score (nSPS) is 11.9. The Morgan fingerprint density at radius 2 is 1.69 bits per heavy atom. The van der Waals surface area contributed by atoms with Crippen LogP contribution in [-0.2, 0) is 16.2 Å². The van der Waals surface area contributed by atoms with Crippen LogP contribution in [0.1, 0.15) is 12.5 Å². The van der Waals surface area contributed by atoms with E-state index in [0.29, 0.717) is 18.0 Å². The van der Waals surface area contributed by atoms with Crippen LogP contribution >= 0.6 is 0 Å². The third kappa shape index (κ3) is 4.60. The molecule has 2 aromatic rings. The molecule has 5 nitrogen and oxygen atoms in total. The summed E-state index contributed by atoms with van der Waals surface area (Å²) in [4.78, 5) is 1.44. The molecule has 0 saturated carbocycles. The van der Waals surface area contributed by atoms with E-state index in [2.05, 4.69) is 4.72 Å². The number of benzene rings is 2. The molecule has 0 fully saturated rings. The van der Waals surface area contributed by atoms with Gasteiger partial charge in [-0.2, -0.15) is 13.2 Å². The summed E-state index contributed by atoms with van der Waals surface area (Å²) >= 11 is 0. The average molecular weight is 388 g/mol. The predicted octanol–water partition coefficient (Wildman–Crippen LogP) is 3.97. The van der Waals surface area contributed by atoms with Crippen molar-refractivity contribution in [3.05, 3.63) is 48.0 Å². The molecule has 0 amide bonds. The summed E-state index contributed by atoms with van der Waals surface area (Å²) in [5, 5.41) is 0. The highest BCUT2D eigenvalue weighted by Gasteiger charge is 2.31. The zero-order valence-corrected chi connectivity index (χ0v) is 15.3. The summed E-state index contributed by atoms with van der Waals surface area (Å²) in [6, 6.07) is 8.53. The highest BCUT2D eigenvalue weighted by Crippen LogP contribution is 2.35. The van der Waals surface area contributed by atoms with Crippen molar-refractivity contribution in [2.45, 2.75) is 18.0 Å². The Kier molecular flexibility index (Phi) is 5.70. The number of nitrogens with zero attached hydrogens (tertiary/aromatic N) is 1. The van der Waals surface area contributed by atoms with Crippen molar-refractivity contribution in [1.29, 1.82) is 0 Å². The number of sulfonamides is 1. The van der Waals surface area contributed by atoms with Crippen LogP contribution in [0.4, 0.5) is 24.5 Å². The minimum atomic E-state index is -4.58. The lowest BCUT2D eigenvalue weighted by molar-refractivity contribution is -0.137. The summed E-state index contributed by atoms with van der Waals surface area (Å²) in [5.41, 5.74) is -0.779. The van der Waals surface area contributed by atoms with E-state index in [0.717, 1.165) is 12.1 Å². The number of nitrogens with one attached hydrogen (secondary N) is 1. The molecule has 0 atom stereocenters. The third-order valence-corrected chi connectivity index (χ3v) is 4.88. The van der Waals surface area contributed by atoms with E-state index in [4.69, 9.17) is 4.74 Å². The molecule has 0 aliphatic rings. The standard InChI is InChI=1S/C17H19F3N2O3S/c1-4-25-13-6-8-14(9-7-13)26(23,24)21-15-11-12(17(18,19)20)5-10-16(15)22(2)3/h5-11,21H,4H2,1-3H3. The molecule has 1 N–H and O–H groups in total. The lowest BCUT2D eigenvalue weighted by Crippen LogP contribution is -2.18. The molecular weight excluding hydrogens is 369 g/mol. The van der Waals surface area contributed by atoms with Gasteiger partial charge in [-0.15, -0.1) is 0 Å². The Labute approximate surface area is 150 Å². The number of hydrogen-bond donors (Lipinski definition) is 1. The molecular formula is C17H19F3N2O3S. The van der Waals surface area contributed by atoms with Crippen LogP contribution in [0.25, 0.3) is 0 Å². The first-order valence-electron chi connectivity index (χ1n) is 7.69. The summed E-state index contributed by atoms with van der Waals surface area (Å²) in [6.45, 7) is 2.23. The van der Waals surface area contributed by atoms with Crippen molar-refractivity contribution in [2.75, 3.05) is 30.3 Å². The van der Waals surface area contributed by atoms with E-state index < -0.39 is 21.8 Å². The average Bonchev–Trinajstić information content (AvgIpc) is 2.54. The monoisotopic (exact) mass is 388 g/mol. The molecule has 9 heteroatoms. The highest BCUT2D eigenvalue weighted by atomic mass is 32.2. The first kappa shape index (κ1) is 19.9. The van der Waals surface area contributed by atoms with E-state index >= 15 is 0 Å². The summed E-state index contributed by atoms with van der Waals surface area (Å²) in [5.74, 6) is 0.500. The van der Waals surface area contributed by atoms with Crippen molar-refractivity contribution in [3.8, 4) is 5.75 Å². The number of ether oxygens (including phenoxy) is 1. The topological polar surface area (TPSA) is 58.6 Å². The van der Waals surface area contributed by atoms with Gasteiger partial charge in [0.15, 0.2) is 0 Å². The maximum Gasteiger partial charge on any atom is 0.416 e. The maximum absolute atomic E-state index is 13.0. The molecule has 0 unspecified atom stereocenters. The Balaban J connectivity index is 2.41. The van der Waals surface area contributed by atoms with Crippen LogP contribution in [0, 0.1) is 0 Å². The number of halogens is 3. The predicted molar refractivity (Wildman–Crippen MR) is 94.2 cm³/mol. The van der Waals surface area contributed by atoms with Crippen LogP contribution < -0.4 is 14.4 Å². The van der Waals surface area contributed by atoms with Crippen LogP contribution in [0.15, 0.2) is 47.4 Å². The molecule has 2 aromatic carbocycles. The van der Waals surface area contributed by atoms with Gasteiger partial charge in [0.05, 0.1) is 28.4 Å². The van der Waals surface area contributed by atoms with Crippen LogP contribution in [0.3, 0.4) is 0 Å². The Morgan fingerprint density at radius 1 is 1.08 bits per heavy atom. The molecule has 26 heavy (non-hydrogen) atoms. The van der Waals surface area contributed by atoms with E-state index in [1.165, 1.54) is 35.2 Å². The Hall–Kier alpha value is -2.42. The molecule has 0 aliphatic heterocycles. The maximum atomic E-state index is 13.0. The van der Waals surface area contributed by atoms with Crippen molar-refractivity contribution in [3.63, 3.8) is 0 Å². The summed E-state index contributed by atoms with van der Waals surface area (Å²) in [6.07, 6.45) is -4.58. The molecule has 0 spiro atoms. The minimum Gasteiger partial charge on any atom is -0.494 e. The van der Waals surface area contributed by atoms with E-state index in [1.54, 1.807) is 21.0 Å². The second-order valence-electron chi connectivity index (χ2n) is 5.63. The van der Waals surface area contributed by atoms with Gasteiger partial charge in [0, 0.05) is 14.1 Å². The fourth-order valence-electron chi connectivity index (χ4n) is 2.27. The number of alkyl halides is 3. The number of anilines is 2. The van der Waals surface area contributed by atoms with Crippen LogP contribution in [-0.4, -0.2) is 29.1 Å². The molecule has 0 aliphatic carbocycles. The van der Waals surface area contributed by atoms with Crippen molar-refractivity contribution in [1.82, 2.24) is 0 Å². The van der Waals surface area contributed by atoms with Crippen molar-refractivity contribution >= 4 is 21.4 Å². The summed E-state index contributed by atoms with van der Waals surface area (Å²) < 4.78 is 71.5. The van der Waals surface area contributed by atoms with Gasteiger partial charge in [-0.1, -0.05) is 0 Å². The van der Waals surface area contributed by atoms with Crippen molar-refractivity contribution in [2.24, 2.45) is 0 Å². The Morgan fingerprint density at radius 3 is 2.19 bits per heavy atom. The van der Waals surface area contributed by atoms with Gasteiger partial charge in [-0.3, -0.25) is 4.72 Å². The van der Waals surface area contributed by atoms with Gasteiger partial charge in [0.2, 0.25) is 0 Å².